The van der Waals surface area contributed by atoms with Crippen molar-refractivity contribution in [3.05, 3.63) is 63.1 Å². The molecule has 0 fully saturated rings. The number of amides is 2. The number of carbonyl (C=O) groups excluding carboxylic acids is 2. The van der Waals surface area contributed by atoms with Crippen molar-refractivity contribution in [2.24, 2.45) is 0 Å². The summed E-state index contributed by atoms with van der Waals surface area (Å²) in [5, 5.41) is 3.82. The molecule has 10 heteroatoms. The zero-order valence-corrected chi connectivity index (χ0v) is 25.2. The summed E-state index contributed by atoms with van der Waals surface area (Å²) in [6.45, 7) is 8.61. The summed E-state index contributed by atoms with van der Waals surface area (Å²) in [6.07, 6.45) is 3.73. The first-order valence-corrected chi connectivity index (χ1v) is 15.6. The number of sulfonamides is 1. The third kappa shape index (κ3) is 9.17. The first kappa shape index (κ1) is 31.9. The van der Waals surface area contributed by atoms with Crippen LogP contribution in [-0.4, -0.2) is 50.5 Å². The molecule has 0 radical (unpaired) electrons. The Bertz CT molecular complexity index is 1220. The van der Waals surface area contributed by atoms with Crippen molar-refractivity contribution in [2.75, 3.05) is 23.7 Å². The van der Waals surface area contributed by atoms with Gasteiger partial charge in [0.25, 0.3) is 0 Å². The maximum absolute atomic E-state index is 13.5. The van der Waals surface area contributed by atoms with E-state index in [2.05, 4.69) is 5.32 Å². The van der Waals surface area contributed by atoms with E-state index < -0.39 is 16.1 Å². The number of hydrogen-bond acceptors (Lipinski definition) is 4. The number of benzene rings is 2. The van der Waals surface area contributed by atoms with Crippen molar-refractivity contribution >= 4 is 50.7 Å². The summed E-state index contributed by atoms with van der Waals surface area (Å²) in [6, 6.07) is 9.86. The van der Waals surface area contributed by atoms with Gasteiger partial charge in [0.15, 0.2) is 0 Å². The maximum atomic E-state index is 13.5. The van der Waals surface area contributed by atoms with E-state index in [9.17, 15) is 18.0 Å². The molecule has 0 aliphatic carbocycles. The molecule has 1 atom stereocenters. The second kappa shape index (κ2) is 14.8. The molecule has 2 aromatic carbocycles. The molecule has 2 aromatic rings. The van der Waals surface area contributed by atoms with Crippen molar-refractivity contribution in [3.63, 3.8) is 0 Å². The quantitative estimate of drug-likeness (QED) is 0.281. The Kier molecular flexibility index (Phi) is 12.4. The largest absolute Gasteiger partial charge is 0.354 e. The lowest BCUT2D eigenvalue weighted by Crippen LogP contribution is -2.49. The topological polar surface area (TPSA) is 86.8 Å². The minimum absolute atomic E-state index is 0.0703. The van der Waals surface area contributed by atoms with E-state index in [1.807, 2.05) is 39.8 Å². The second-order valence-corrected chi connectivity index (χ2v) is 12.3. The van der Waals surface area contributed by atoms with E-state index in [0.717, 1.165) is 30.2 Å². The average molecular weight is 585 g/mol. The summed E-state index contributed by atoms with van der Waals surface area (Å²) >= 11 is 12.4. The predicted octanol–water partition coefficient (Wildman–Crippen LogP) is 5.88. The summed E-state index contributed by atoms with van der Waals surface area (Å²) in [7, 11) is -3.56. The SMILES string of the molecule is CCCCNC(=O)[C@@H](CC)N(Cc1ccc(Cl)cc1Cl)C(=O)CCCN(c1ccc(C)c(C)c1)S(C)(=O)=O. The lowest BCUT2D eigenvalue weighted by atomic mass is 10.1. The van der Waals surface area contributed by atoms with E-state index in [1.54, 1.807) is 24.3 Å². The molecular weight excluding hydrogens is 545 g/mol. The Morgan fingerprint density at radius 3 is 2.29 bits per heavy atom. The molecule has 210 valence electrons. The predicted molar refractivity (Wildman–Crippen MR) is 156 cm³/mol. The van der Waals surface area contributed by atoms with Crippen LogP contribution in [0.3, 0.4) is 0 Å². The molecule has 0 saturated carbocycles. The van der Waals surface area contributed by atoms with E-state index in [1.165, 1.54) is 9.21 Å². The molecule has 0 unspecified atom stereocenters. The van der Waals surface area contributed by atoms with Crippen LogP contribution in [-0.2, 0) is 26.2 Å². The van der Waals surface area contributed by atoms with Gasteiger partial charge in [-0.1, -0.05) is 55.6 Å². The Hall–Kier alpha value is -2.29. The Morgan fingerprint density at radius 1 is 1.00 bits per heavy atom. The number of nitrogens with zero attached hydrogens (tertiary/aromatic N) is 2. The molecule has 2 amide bonds. The molecule has 0 saturated heterocycles. The third-order valence-electron chi connectivity index (χ3n) is 6.50. The molecule has 0 aromatic heterocycles. The fourth-order valence-electron chi connectivity index (χ4n) is 4.14. The Morgan fingerprint density at radius 2 is 1.71 bits per heavy atom. The average Bonchev–Trinajstić information content (AvgIpc) is 2.84. The van der Waals surface area contributed by atoms with Gasteiger partial charge in [0.1, 0.15) is 6.04 Å². The normalized spacial score (nSPS) is 12.2. The highest BCUT2D eigenvalue weighted by molar-refractivity contribution is 7.92. The first-order valence-electron chi connectivity index (χ1n) is 12.9. The number of hydrogen-bond donors (Lipinski definition) is 1. The summed E-state index contributed by atoms with van der Waals surface area (Å²) in [4.78, 5) is 28.1. The van der Waals surface area contributed by atoms with Gasteiger partial charge in [-0.15, -0.1) is 0 Å². The zero-order chi connectivity index (χ0) is 28.5. The van der Waals surface area contributed by atoms with Crippen molar-refractivity contribution in [3.8, 4) is 0 Å². The van der Waals surface area contributed by atoms with Crippen molar-refractivity contribution in [2.45, 2.75) is 72.4 Å². The number of unbranched alkanes of at least 4 members (excludes halogenated alkanes) is 1. The Labute approximate surface area is 237 Å². The lowest BCUT2D eigenvalue weighted by Gasteiger charge is -2.31. The molecule has 0 spiro atoms. The molecule has 0 heterocycles. The molecule has 0 bridgehead atoms. The number of carbonyl (C=O) groups is 2. The zero-order valence-electron chi connectivity index (χ0n) is 22.9. The number of nitrogens with one attached hydrogen (secondary N) is 1. The number of rotatable bonds is 14. The number of aryl methyl sites for hydroxylation is 2. The van der Waals surface area contributed by atoms with E-state index in [-0.39, 0.29) is 37.7 Å². The molecule has 7 nitrogen and oxygen atoms in total. The highest BCUT2D eigenvalue weighted by Crippen LogP contribution is 2.25. The monoisotopic (exact) mass is 583 g/mol. The van der Waals surface area contributed by atoms with Gasteiger partial charge in [-0.25, -0.2) is 8.42 Å². The van der Waals surface area contributed by atoms with Crippen LogP contribution in [0.15, 0.2) is 36.4 Å². The van der Waals surface area contributed by atoms with Crippen LogP contribution >= 0.6 is 23.2 Å². The van der Waals surface area contributed by atoms with Gasteiger partial charge in [0.2, 0.25) is 21.8 Å². The molecular formula is C28H39Cl2N3O4S. The maximum Gasteiger partial charge on any atom is 0.242 e. The minimum atomic E-state index is -3.56. The van der Waals surface area contributed by atoms with E-state index in [4.69, 9.17) is 23.2 Å². The van der Waals surface area contributed by atoms with E-state index >= 15 is 0 Å². The fourth-order valence-corrected chi connectivity index (χ4v) is 5.57. The molecule has 1 N–H and O–H groups in total. The molecule has 0 aliphatic heterocycles. The van der Waals surface area contributed by atoms with Gasteiger partial charge < -0.3 is 10.2 Å². The van der Waals surface area contributed by atoms with Gasteiger partial charge in [0.05, 0.1) is 11.9 Å². The van der Waals surface area contributed by atoms with Crippen LogP contribution in [0, 0.1) is 13.8 Å². The van der Waals surface area contributed by atoms with E-state index in [0.29, 0.717) is 34.3 Å². The molecule has 38 heavy (non-hydrogen) atoms. The van der Waals surface area contributed by atoms with Crippen molar-refractivity contribution in [1.82, 2.24) is 10.2 Å². The van der Waals surface area contributed by atoms with Crippen LogP contribution in [0.4, 0.5) is 5.69 Å². The second-order valence-electron chi connectivity index (χ2n) is 9.53. The van der Waals surface area contributed by atoms with Crippen LogP contribution in [0.2, 0.25) is 10.0 Å². The van der Waals surface area contributed by atoms with Crippen LogP contribution in [0.1, 0.15) is 62.6 Å². The van der Waals surface area contributed by atoms with Gasteiger partial charge in [0, 0.05) is 36.1 Å². The standard InChI is InChI=1S/C28H39Cl2N3O4S/c1-6-8-15-31-28(35)26(7-2)32(19-22-12-13-23(29)18-25(22)30)27(34)10-9-16-33(38(5,36)37)24-14-11-20(3)21(4)17-24/h11-14,17-18,26H,6-10,15-16,19H2,1-5H3,(H,31,35)/t26-/m1/s1. The highest BCUT2D eigenvalue weighted by Gasteiger charge is 2.29. The lowest BCUT2D eigenvalue weighted by molar-refractivity contribution is -0.141. The van der Waals surface area contributed by atoms with Crippen LogP contribution < -0.4 is 9.62 Å². The fraction of sp³-hybridized carbons (Fsp3) is 0.500. The van der Waals surface area contributed by atoms with Gasteiger partial charge >= 0.3 is 0 Å². The summed E-state index contributed by atoms with van der Waals surface area (Å²) in [5.74, 6) is -0.464. The minimum Gasteiger partial charge on any atom is -0.354 e. The molecule has 0 aliphatic rings. The van der Waals surface area contributed by atoms with Crippen molar-refractivity contribution < 1.29 is 18.0 Å². The van der Waals surface area contributed by atoms with Gasteiger partial charge in [-0.3, -0.25) is 13.9 Å². The number of anilines is 1. The molecule has 2 rings (SSSR count). The van der Waals surface area contributed by atoms with Crippen molar-refractivity contribution in [1.29, 1.82) is 0 Å². The van der Waals surface area contributed by atoms with Gasteiger partial charge in [-0.2, -0.15) is 0 Å². The smallest absolute Gasteiger partial charge is 0.242 e. The highest BCUT2D eigenvalue weighted by atomic mass is 35.5. The van der Waals surface area contributed by atoms with Crippen LogP contribution in [0.5, 0.6) is 0 Å². The summed E-state index contributed by atoms with van der Waals surface area (Å²) in [5.41, 5.74) is 3.29. The first-order chi connectivity index (χ1) is 17.9. The van der Waals surface area contributed by atoms with Crippen LogP contribution in [0.25, 0.3) is 0 Å². The summed E-state index contributed by atoms with van der Waals surface area (Å²) < 4.78 is 26.5. The number of halogens is 2. The van der Waals surface area contributed by atoms with Gasteiger partial charge in [-0.05, 0) is 74.1 Å². The third-order valence-corrected chi connectivity index (χ3v) is 8.28. The Balaban J connectivity index is 2.25.